The number of hydrogen-bond acceptors (Lipinski definition) is 2. The third-order valence-electron chi connectivity index (χ3n) is 4.76. The van der Waals surface area contributed by atoms with Gasteiger partial charge >= 0.3 is 0 Å². The van der Waals surface area contributed by atoms with Gasteiger partial charge in [-0.1, -0.05) is 71.8 Å². The number of nitrogens with zero attached hydrogens (tertiary/aromatic N) is 2. The highest BCUT2D eigenvalue weighted by atomic mass is 15.6. The van der Waals surface area contributed by atoms with Crippen LogP contribution < -0.4 is 10.0 Å². The molecule has 28 heavy (non-hydrogen) atoms. The topological polar surface area (TPSA) is 6.48 Å². The minimum atomic E-state index is 1.11. The largest absolute Gasteiger partial charge is 0.249 e. The number of aryl methyl sites for hydroxylation is 2. The summed E-state index contributed by atoms with van der Waals surface area (Å²) in [7, 11) is 0. The molecule has 0 saturated heterocycles. The maximum absolute atomic E-state index is 2.27. The number of benzene rings is 4. The number of rotatable bonds is 5. The zero-order valence-corrected chi connectivity index (χ0v) is 16.3. The Balaban J connectivity index is 1.93. The minimum absolute atomic E-state index is 1.11. The van der Waals surface area contributed by atoms with E-state index in [4.69, 9.17) is 0 Å². The molecule has 138 valence electrons. The molecule has 0 aliphatic heterocycles. The number of anilines is 4. The van der Waals surface area contributed by atoms with Crippen molar-refractivity contribution in [3.63, 3.8) is 0 Å². The number of para-hydroxylation sites is 2. The zero-order chi connectivity index (χ0) is 19.3. The second-order valence-corrected chi connectivity index (χ2v) is 6.97. The van der Waals surface area contributed by atoms with Crippen LogP contribution in [0.2, 0.25) is 0 Å². The molecular formula is C26H24N2. The molecule has 4 aromatic rings. The van der Waals surface area contributed by atoms with E-state index in [1.165, 1.54) is 11.1 Å². The van der Waals surface area contributed by atoms with Crippen LogP contribution in [0, 0.1) is 13.8 Å². The Labute approximate surface area is 167 Å². The third-order valence-corrected chi connectivity index (χ3v) is 4.76. The van der Waals surface area contributed by atoms with Crippen molar-refractivity contribution in [3.8, 4) is 0 Å². The molecule has 0 radical (unpaired) electrons. The molecular weight excluding hydrogens is 340 g/mol. The van der Waals surface area contributed by atoms with Gasteiger partial charge in [0.05, 0.1) is 22.7 Å². The first kappa shape index (κ1) is 17.9. The molecule has 0 bridgehead atoms. The van der Waals surface area contributed by atoms with E-state index in [1.807, 2.05) is 0 Å². The van der Waals surface area contributed by atoms with Crippen molar-refractivity contribution >= 4 is 22.7 Å². The van der Waals surface area contributed by atoms with Gasteiger partial charge in [0, 0.05) is 0 Å². The molecule has 0 aromatic heterocycles. The molecule has 0 spiro atoms. The lowest BCUT2D eigenvalue weighted by Gasteiger charge is -2.38. The SMILES string of the molecule is Cc1ccc(N(c2ccc(C)cc2)N(c2ccccc2)c2ccccc2)cc1. The van der Waals surface area contributed by atoms with E-state index in [-0.39, 0.29) is 0 Å². The van der Waals surface area contributed by atoms with Crippen LogP contribution in [0.5, 0.6) is 0 Å². The first-order valence-corrected chi connectivity index (χ1v) is 9.56. The second kappa shape index (κ2) is 8.01. The molecule has 0 saturated carbocycles. The Bertz CT molecular complexity index is 922. The fourth-order valence-electron chi connectivity index (χ4n) is 3.27. The van der Waals surface area contributed by atoms with Gasteiger partial charge < -0.3 is 0 Å². The predicted molar refractivity (Wildman–Crippen MR) is 120 cm³/mol. The molecule has 0 aliphatic rings. The number of hydrogen-bond donors (Lipinski definition) is 0. The molecule has 0 heterocycles. The summed E-state index contributed by atoms with van der Waals surface area (Å²) in [6.07, 6.45) is 0. The fraction of sp³-hybridized carbons (Fsp3) is 0.0769. The monoisotopic (exact) mass is 364 g/mol. The lowest BCUT2D eigenvalue weighted by molar-refractivity contribution is 0.988. The smallest absolute Gasteiger partial charge is 0.0637 e. The van der Waals surface area contributed by atoms with E-state index < -0.39 is 0 Å². The van der Waals surface area contributed by atoms with E-state index >= 15 is 0 Å². The van der Waals surface area contributed by atoms with Crippen LogP contribution in [0.15, 0.2) is 109 Å². The van der Waals surface area contributed by atoms with Crippen LogP contribution >= 0.6 is 0 Å². The summed E-state index contributed by atoms with van der Waals surface area (Å²) in [5, 5.41) is 4.53. The lowest BCUT2D eigenvalue weighted by atomic mass is 10.1. The molecule has 0 N–H and O–H groups in total. The first-order chi connectivity index (χ1) is 13.7. The van der Waals surface area contributed by atoms with Crippen molar-refractivity contribution in [2.24, 2.45) is 0 Å². The number of hydrazine groups is 1. The van der Waals surface area contributed by atoms with Crippen molar-refractivity contribution in [1.82, 2.24) is 0 Å². The van der Waals surface area contributed by atoms with Crippen LogP contribution in [0.25, 0.3) is 0 Å². The van der Waals surface area contributed by atoms with Gasteiger partial charge in [0.25, 0.3) is 0 Å². The van der Waals surface area contributed by atoms with Gasteiger partial charge in [0.15, 0.2) is 0 Å². The summed E-state index contributed by atoms with van der Waals surface area (Å²) in [6, 6.07) is 38.3. The quantitative estimate of drug-likeness (QED) is 0.346. The van der Waals surface area contributed by atoms with Crippen molar-refractivity contribution in [2.45, 2.75) is 13.8 Å². The lowest BCUT2D eigenvalue weighted by Crippen LogP contribution is -2.35. The highest BCUT2D eigenvalue weighted by Gasteiger charge is 2.21. The Morgan fingerprint density at radius 1 is 0.357 bits per heavy atom. The van der Waals surface area contributed by atoms with Gasteiger partial charge in [0.1, 0.15) is 0 Å². The molecule has 4 aromatic carbocycles. The Hall–Kier alpha value is -3.52. The third kappa shape index (κ3) is 3.77. The van der Waals surface area contributed by atoms with E-state index in [2.05, 4.69) is 133 Å². The average molecular weight is 364 g/mol. The van der Waals surface area contributed by atoms with Crippen molar-refractivity contribution in [1.29, 1.82) is 0 Å². The van der Waals surface area contributed by atoms with Crippen LogP contribution in [0.1, 0.15) is 11.1 Å². The van der Waals surface area contributed by atoms with Gasteiger partial charge in [-0.15, -0.1) is 0 Å². The van der Waals surface area contributed by atoms with Gasteiger partial charge in [-0.3, -0.25) is 0 Å². The molecule has 0 atom stereocenters. The summed E-state index contributed by atoms with van der Waals surface area (Å²) < 4.78 is 0. The maximum atomic E-state index is 2.27. The average Bonchev–Trinajstić information content (AvgIpc) is 2.75. The Morgan fingerprint density at radius 3 is 0.964 bits per heavy atom. The van der Waals surface area contributed by atoms with Crippen molar-refractivity contribution < 1.29 is 0 Å². The highest BCUT2D eigenvalue weighted by molar-refractivity contribution is 5.77. The standard InChI is InChI=1S/C26H24N2/c1-21-13-17-25(18-14-21)28(26-19-15-22(2)16-20-26)27(23-9-5-3-6-10-23)24-11-7-4-8-12-24/h3-20H,1-2H3. The second-order valence-electron chi connectivity index (χ2n) is 6.97. The molecule has 4 rings (SSSR count). The van der Waals surface area contributed by atoms with Crippen molar-refractivity contribution in [2.75, 3.05) is 10.0 Å². The Morgan fingerprint density at radius 2 is 0.643 bits per heavy atom. The van der Waals surface area contributed by atoms with E-state index in [9.17, 15) is 0 Å². The van der Waals surface area contributed by atoms with Gasteiger partial charge in [-0.05, 0) is 62.4 Å². The summed E-state index contributed by atoms with van der Waals surface area (Å²) >= 11 is 0. The van der Waals surface area contributed by atoms with Crippen molar-refractivity contribution in [3.05, 3.63) is 120 Å². The van der Waals surface area contributed by atoms with E-state index in [0.717, 1.165) is 22.7 Å². The Kier molecular flexibility index (Phi) is 5.11. The first-order valence-electron chi connectivity index (χ1n) is 9.56. The molecule has 0 aliphatic carbocycles. The summed E-state index contributed by atoms with van der Waals surface area (Å²) in [6.45, 7) is 4.23. The molecule has 2 nitrogen and oxygen atoms in total. The van der Waals surface area contributed by atoms with Crippen LogP contribution in [-0.4, -0.2) is 0 Å². The summed E-state index contributed by atoms with van der Waals surface area (Å²) in [5.74, 6) is 0. The summed E-state index contributed by atoms with van der Waals surface area (Å²) in [5.41, 5.74) is 6.94. The van der Waals surface area contributed by atoms with E-state index in [0.29, 0.717) is 0 Å². The predicted octanol–water partition coefficient (Wildman–Crippen LogP) is 7.19. The van der Waals surface area contributed by atoms with Crippen LogP contribution in [0.3, 0.4) is 0 Å². The van der Waals surface area contributed by atoms with Gasteiger partial charge in [0.2, 0.25) is 0 Å². The minimum Gasteiger partial charge on any atom is -0.249 e. The molecule has 0 fully saturated rings. The van der Waals surface area contributed by atoms with Gasteiger partial charge in [-0.2, -0.15) is 0 Å². The molecule has 0 amide bonds. The van der Waals surface area contributed by atoms with Crippen LogP contribution in [0.4, 0.5) is 22.7 Å². The van der Waals surface area contributed by atoms with E-state index in [1.54, 1.807) is 0 Å². The molecule has 0 unspecified atom stereocenters. The fourth-order valence-corrected chi connectivity index (χ4v) is 3.27. The maximum Gasteiger partial charge on any atom is 0.0637 e. The normalized spacial score (nSPS) is 10.5. The van der Waals surface area contributed by atoms with Crippen LogP contribution in [-0.2, 0) is 0 Å². The zero-order valence-electron chi connectivity index (χ0n) is 16.3. The van der Waals surface area contributed by atoms with Gasteiger partial charge in [-0.25, -0.2) is 10.0 Å². The highest BCUT2D eigenvalue weighted by Crippen LogP contribution is 2.36. The molecule has 2 heteroatoms. The summed E-state index contributed by atoms with van der Waals surface area (Å²) in [4.78, 5) is 0.